The van der Waals surface area contributed by atoms with Gasteiger partial charge < -0.3 is 4.74 Å². The quantitative estimate of drug-likeness (QED) is 0.808. The maximum atomic E-state index is 12.3. The first-order valence-corrected chi connectivity index (χ1v) is 8.20. The van der Waals surface area contributed by atoms with Gasteiger partial charge in [0.2, 0.25) is 0 Å². The SMILES string of the molecule is CCOC(=O)C(N[C@@H](C)C1CCCCC1)c1ccccc1. The molecule has 1 aromatic carbocycles. The van der Waals surface area contributed by atoms with Gasteiger partial charge in [-0.05, 0) is 38.2 Å². The van der Waals surface area contributed by atoms with Crippen molar-refractivity contribution in [3.05, 3.63) is 35.9 Å². The molecule has 1 unspecified atom stereocenters. The smallest absolute Gasteiger partial charge is 0.327 e. The van der Waals surface area contributed by atoms with Crippen LogP contribution in [0.15, 0.2) is 30.3 Å². The highest BCUT2D eigenvalue weighted by molar-refractivity contribution is 5.77. The number of ether oxygens (including phenoxy) is 1. The number of esters is 1. The molecule has 1 aliphatic rings. The number of nitrogens with one attached hydrogen (secondary N) is 1. The van der Waals surface area contributed by atoms with E-state index in [2.05, 4.69) is 12.2 Å². The Kier molecular flexibility index (Phi) is 6.24. The van der Waals surface area contributed by atoms with E-state index in [1.165, 1.54) is 32.1 Å². The third kappa shape index (κ3) is 4.57. The fourth-order valence-corrected chi connectivity index (χ4v) is 3.20. The maximum absolute atomic E-state index is 12.3. The molecule has 1 fully saturated rings. The molecule has 0 aliphatic heterocycles. The average molecular weight is 289 g/mol. The van der Waals surface area contributed by atoms with Crippen LogP contribution in [0.5, 0.6) is 0 Å². The van der Waals surface area contributed by atoms with E-state index in [0.717, 1.165) is 5.56 Å². The van der Waals surface area contributed by atoms with Crippen molar-refractivity contribution in [1.29, 1.82) is 0 Å². The van der Waals surface area contributed by atoms with Gasteiger partial charge >= 0.3 is 5.97 Å². The van der Waals surface area contributed by atoms with Gasteiger partial charge in [0.15, 0.2) is 0 Å². The van der Waals surface area contributed by atoms with Gasteiger partial charge in [-0.3, -0.25) is 5.32 Å². The lowest BCUT2D eigenvalue weighted by Crippen LogP contribution is -2.41. The molecule has 1 saturated carbocycles. The first-order chi connectivity index (χ1) is 10.2. The predicted octanol–water partition coefficient (Wildman–Crippen LogP) is 3.85. The summed E-state index contributed by atoms with van der Waals surface area (Å²) in [5, 5.41) is 3.51. The van der Waals surface area contributed by atoms with Gasteiger partial charge in [-0.15, -0.1) is 0 Å². The molecule has 2 atom stereocenters. The lowest BCUT2D eigenvalue weighted by molar-refractivity contribution is -0.146. The van der Waals surface area contributed by atoms with Crippen LogP contribution in [-0.4, -0.2) is 18.6 Å². The van der Waals surface area contributed by atoms with Gasteiger partial charge in [-0.1, -0.05) is 49.6 Å². The zero-order chi connectivity index (χ0) is 15.1. The molecule has 21 heavy (non-hydrogen) atoms. The molecule has 0 heterocycles. The first-order valence-electron chi connectivity index (χ1n) is 8.20. The third-order valence-electron chi connectivity index (χ3n) is 4.44. The Hall–Kier alpha value is -1.35. The highest BCUT2D eigenvalue weighted by atomic mass is 16.5. The Morgan fingerprint density at radius 2 is 1.90 bits per heavy atom. The van der Waals surface area contributed by atoms with E-state index in [0.29, 0.717) is 18.6 Å². The zero-order valence-electron chi connectivity index (χ0n) is 13.2. The van der Waals surface area contributed by atoms with Gasteiger partial charge in [0, 0.05) is 6.04 Å². The van der Waals surface area contributed by atoms with Crippen LogP contribution in [0.3, 0.4) is 0 Å². The van der Waals surface area contributed by atoms with Crippen LogP contribution >= 0.6 is 0 Å². The van der Waals surface area contributed by atoms with Crippen molar-refractivity contribution in [2.75, 3.05) is 6.61 Å². The van der Waals surface area contributed by atoms with E-state index in [1.54, 1.807) is 0 Å². The average Bonchev–Trinajstić information content (AvgIpc) is 2.54. The molecule has 0 radical (unpaired) electrons. The van der Waals surface area contributed by atoms with Crippen LogP contribution in [0.2, 0.25) is 0 Å². The van der Waals surface area contributed by atoms with Crippen molar-refractivity contribution >= 4 is 5.97 Å². The molecule has 116 valence electrons. The molecule has 3 nitrogen and oxygen atoms in total. The van der Waals surface area contributed by atoms with Crippen LogP contribution in [0.4, 0.5) is 0 Å². The van der Waals surface area contributed by atoms with Crippen molar-refractivity contribution in [2.45, 2.75) is 58.0 Å². The Bertz CT molecular complexity index is 426. The van der Waals surface area contributed by atoms with Crippen molar-refractivity contribution in [1.82, 2.24) is 5.32 Å². The number of carbonyl (C=O) groups is 1. The van der Waals surface area contributed by atoms with Crippen LogP contribution in [0.1, 0.15) is 57.6 Å². The summed E-state index contributed by atoms with van der Waals surface area (Å²) in [6.07, 6.45) is 6.50. The molecule has 0 spiro atoms. The van der Waals surface area contributed by atoms with E-state index in [-0.39, 0.29) is 12.0 Å². The summed E-state index contributed by atoms with van der Waals surface area (Å²) < 4.78 is 5.25. The Morgan fingerprint density at radius 1 is 1.24 bits per heavy atom. The van der Waals surface area contributed by atoms with E-state index >= 15 is 0 Å². The Balaban J connectivity index is 2.06. The fourth-order valence-electron chi connectivity index (χ4n) is 3.20. The van der Waals surface area contributed by atoms with Gasteiger partial charge in [-0.25, -0.2) is 4.79 Å². The maximum Gasteiger partial charge on any atom is 0.327 e. The van der Waals surface area contributed by atoms with Gasteiger partial charge in [0.25, 0.3) is 0 Å². The van der Waals surface area contributed by atoms with E-state index in [1.807, 2.05) is 37.3 Å². The van der Waals surface area contributed by atoms with Gasteiger partial charge in [0.05, 0.1) is 6.61 Å². The van der Waals surface area contributed by atoms with Crippen LogP contribution < -0.4 is 5.32 Å². The summed E-state index contributed by atoms with van der Waals surface area (Å²) in [7, 11) is 0. The summed E-state index contributed by atoms with van der Waals surface area (Å²) in [4.78, 5) is 12.3. The summed E-state index contributed by atoms with van der Waals surface area (Å²) >= 11 is 0. The van der Waals surface area contributed by atoms with E-state index in [9.17, 15) is 4.79 Å². The van der Waals surface area contributed by atoms with Gasteiger partial charge in [0.1, 0.15) is 6.04 Å². The second-order valence-electron chi connectivity index (χ2n) is 5.95. The lowest BCUT2D eigenvalue weighted by Gasteiger charge is -2.31. The van der Waals surface area contributed by atoms with Gasteiger partial charge in [-0.2, -0.15) is 0 Å². The molecule has 1 aliphatic carbocycles. The molecule has 3 heteroatoms. The monoisotopic (exact) mass is 289 g/mol. The van der Waals surface area contributed by atoms with E-state index < -0.39 is 0 Å². The molecular weight excluding hydrogens is 262 g/mol. The number of carbonyl (C=O) groups excluding carboxylic acids is 1. The Morgan fingerprint density at radius 3 is 2.52 bits per heavy atom. The summed E-state index contributed by atoms with van der Waals surface area (Å²) in [5.41, 5.74) is 0.985. The lowest BCUT2D eigenvalue weighted by atomic mass is 9.84. The molecule has 0 bridgehead atoms. The van der Waals surface area contributed by atoms with E-state index in [4.69, 9.17) is 4.74 Å². The number of hydrogen-bond donors (Lipinski definition) is 1. The van der Waals surface area contributed by atoms with Crippen molar-refractivity contribution in [3.63, 3.8) is 0 Å². The normalized spacial score (nSPS) is 19.0. The molecule has 0 aromatic heterocycles. The highest BCUT2D eigenvalue weighted by Crippen LogP contribution is 2.28. The summed E-state index contributed by atoms with van der Waals surface area (Å²) in [6, 6.07) is 9.85. The molecular formula is C18H27NO2. The van der Waals surface area contributed by atoms with Crippen LogP contribution in [-0.2, 0) is 9.53 Å². The van der Waals surface area contributed by atoms with Crippen molar-refractivity contribution in [3.8, 4) is 0 Å². The summed E-state index contributed by atoms with van der Waals surface area (Å²) in [6.45, 7) is 4.47. The highest BCUT2D eigenvalue weighted by Gasteiger charge is 2.27. The topological polar surface area (TPSA) is 38.3 Å². The molecule has 0 amide bonds. The molecule has 1 N–H and O–H groups in total. The minimum absolute atomic E-state index is 0.175. The minimum Gasteiger partial charge on any atom is -0.465 e. The van der Waals surface area contributed by atoms with Crippen molar-refractivity contribution in [2.24, 2.45) is 5.92 Å². The zero-order valence-corrected chi connectivity index (χ0v) is 13.2. The van der Waals surface area contributed by atoms with Crippen molar-refractivity contribution < 1.29 is 9.53 Å². The number of benzene rings is 1. The first kappa shape index (κ1) is 16.0. The summed E-state index contributed by atoms with van der Waals surface area (Å²) in [5.74, 6) is 0.491. The molecule has 0 saturated heterocycles. The largest absolute Gasteiger partial charge is 0.465 e. The second kappa shape index (κ2) is 8.18. The van der Waals surface area contributed by atoms with Crippen LogP contribution in [0, 0.1) is 5.92 Å². The Labute approximate surface area is 128 Å². The van der Waals surface area contributed by atoms with Crippen LogP contribution in [0.25, 0.3) is 0 Å². The minimum atomic E-state index is -0.358. The third-order valence-corrected chi connectivity index (χ3v) is 4.44. The predicted molar refractivity (Wildman–Crippen MR) is 85.0 cm³/mol. The number of hydrogen-bond acceptors (Lipinski definition) is 3. The molecule has 1 aromatic rings. The fraction of sp³-hybridized carbons (Fsp3) is 0.611. The standard InChI is InChI=1S/C18H27NO2/c1-3-21-18(20)17(16-12-8-5-9-13-16)19-14(2)15-10-6-4-7-11-15/h5,8-9,12-15,17,19H,3-4,6-7,10-11H2,1-2H3/t14-,17?/m0/s1. The second-order valence-corrected chi connectivity index (χ2v) is 5.95. The molecule has 2 rings (SSSR count). The number of rotatable bonds is 6.